The third-order valence-corrected chi connectivity index (χ3v) is 2.75. The van der Waals surface area contributed by atoms with E-state index in [1.807, 2.05) is 50.1 Å². The van der Waals surface area contributed by atoms with Gasteiger partial charge in [-0.25, -0.2) is 0 Å². The number of ether oxygens (including phenoxy) is 1. The van der Waals surface area contributed by atoms with E-state index in [1.165, 1.54) is 0 Å². The molecule has 0 bridgehead atoms. The highest BCUT2D eigenvalue weighted by Gasteiger charge is 2.22. The third kappa shape index (κ3) is 2.63. The number of rotatable bonds is 4. The van der Waals surface area contributed by atoms with Crippen LogP contribution < -0.4 is 9.64 Å². The maximum absolute atomic E-state index is 9.26. The lowest BCUT2D eigenvalue weighted by atomic mass is 10.0. The first-order chi connectivity index (χ1) is 7.01. The minimum absolute atomic E-state index is 0.121. The second-order valence-corrected chi connectivity index (χ2v) is 4.23. The minimum Gasteiger partial charge on any atom is -0.497 e. The Labute approximate surface area is 91.3 Å². The highest BCUT2D eigenvalue weighted by molar-refractivity contribution is 5.50. The Morgan fingerprint density at radius 1 is 1.27 bits per heavy atom. The number of hydrogen-bond acceptors (Lipinski definition) is 3. The van der Waals surface area contributed by atoms with Gasteiger partial charge in [-0.1, -0.05) is 0 Å². The Morgan fingerprint density at radius 2 is 1.80 bits per heavy atom. The molecule has 0 aliphatic rings. The Kier molecular flexibility index (Phi) is 3.58. The summed E-state index contributed by atoms with van der Waals surface area (Å²) in [6.07, 6.45) is 0. The molecular weight excluding hydrogens is 190 g/mol. The Bertz CT molecular complexity index is 306. The summed E-state index contributed by atoms with van der Waals surface area (Å²) in [5.74, 6) is 0.842. The Balaban J connectivity index is 2.87. The molecule has 0 saturated carbocycles. The number of hydrogen-bond donors (Lipinski definition) is 1. The highest BCUT2D eigenvalue weighted by Crippen LogP contribution is 2.24. The molecule has 1 aromatic rings. The molecule has 0 heterocycles. The highest BCUT2D eigenvalue weighted by atomic mass is 16.5. The van der Waals surface area contributed by atoms with Crippen molar-refractivity contribution in [2.24, 2.45) is 0 Å². The molecule has 0 saturated heterocycles. The van der Waals surface area contributed by atoms with Crippen LogP contribution in [0, 0.1) is 0 Å². The number of nitrogens with zero attached hydrogens (tertiary/aromatic N) is 1. The van der Waals surface area contributed by atoms with Gasteiger partial charge in [0, 0.05) is 12.7 Å². The molecule has 0 atom stereocenters. The van der Waals surface area contributed by atoms with E-state index < -0.39 is 0 Å². The van der Waals surface area contributed by atoms with E-state index in [0.717, 1.165) is 11.4 Å². The predicted molar refractivity (Wildman–Crippen MR) is 62.6 cm³/mol. The van der Waals surface area contributed by atoms with Crippen molar-refractivity contribution in [3.05, 3.63) is 24.3 Å². The van der Waals surface area contributed by atoms with Crippen LogP contribution in [-0.4, -0.2) is 31.4 Å². The first-order valence-electron chi connectivity index (χ1n) is 5.00. The number of aliphatic hydroxyl groups excluding tert-OH is 1. The van der Waals surface area contributed by atoms with Crippen LogP contribution in [0.5, 0.6) is 5.75 Å². The quantitative estimate of drug-likeness (QED) is 0.822. The topological polar surface area (TPSA) is 32.7 Å². The van der Waals surface area contributed by atoms with Gasteiger partial charge in [0.25, 0.3) is 0 Å². The molecule has 3 nitrogen and oxygen atoms in total. The van der Waals surface area contributed by atoms with Crippen molar-refractivity contribution >= 4 is 5.69 Å². The van der Waals surface area contributed by atoms with E-state index >= 15 is 0 Å². The summed E-state index contributed by atoms with van der Waals surface area (Å²) in [5, 5.41) is 9.26. The zero-order valence-corrected chi connectivity index (χ0v) is 9.82. The molecule has 0 aromatic heterocycles. The summed E-state index contributed by atoms with van der Waals surface area (Å²) in [5.41, 5.74) is 0.809. The molecule has 0 aliphatic carbocycles. The lowest BCUT2D eigenvalue weighted by Gasteiger charge is -2.35. The summed E-state index contributed by atoms with van der Waals surface area (Å²) in [6.45, 7) is 4.12. The molecule has 84 valence electrons. The first-order valence-corrected chi connectivity index (χ1v) is 5.00. The van der Waals surface area contributed by atoms with Crippen LogP contribution in [-0.2, 0) is 0 Å². The van der Waals surface area contributed by atoms with Gasteiger partial charge in [0.05, 0.1) is 19.3 Å². The number of methoxy groups -OCH3 is 1. The summed E-state index contributed by atoms with van der Waals surface area (Å²) in [7, 11) is 3.62. The third-order valence-electron chi connectivity index (χ3n) is 2.75. The van der Waals surface area contributed by atoms with Crippen LogP contribution in [0.15, 0.2) is 24.3 Å². The number of aliphatic hydroxyl groups is 1. The summed E-state index contributed by atoms with van der Waals surface area (Å²) < 4.78 is 5.09. The molecule has 0 spiro atoms. The molecule has 15 heavy (non-hydrogen) atoms. The SMILES string of the molecule is COc1ccc(N(C)C(C)(C)CO)cc1. The van der Waals surface area contributed by atoms with Gasteiger partial charge in [-0.15, -0.1) is 0 Å². The fourth-order valence-corrected chi connectivity index (χ4v) is 1.26. The number of likely N-dealkylation sites (N-methyl/N-ethyl adjacent to an activating group) is 1. The second kappa shape index (κ2) is 4.53. The van der Waals surface area contributed by atoms with Crippen LogP contribution in [0.1, 0.15) is 13.8 Å². The van der Waals surface area contributed by atoms with Gasteiger partial charge in [-0.3, -0.25) is 0 Å². The lowest BCUT2D eigenvalue weighted by molar-refractivity contribution is 0.216. The van der Waals surface area contributed by atoms with Gasteiger partial charge >= 0.3 is 0 Å². The fraction of sp³-hybridized carbons (Fsp3) is 0.500. The molecule has 0 radical (unpaired) electrons. The Morgan fingerprint density at radius 3 is 2.20 bits per heavy atom. The smallest absolute Gasteiger partial charge is 0.119 e. The average Bonchev–Trinajstić information content (AvgIpc) is 2.28. The van der Waals surface area contributed by atoms with Crippen molar-refractivity contribution in [1.29, 1.82) is 0 Å². The van der Waals surface area contributed by atoms with E-state index in [0.29, 0.717) is 0 Å². The van der Waals surface area contributed by atoms with Gasteiger partial charge in [-0.05, 0) is 38.1 Å². The summed E-state index contributed by atoms with van der Waals surface area (Å²) in [6, 6.07) is 7.80. The summed E-state index contributed by atoms with van der Waals surface area (Å²) >= 11 is 0. The van der Waals surface area contributed by atoms with Crippen molar-refractivity contribution in [2.45, 2.75) is 19.4 Å². The van der Waals surface area contributed by atoms with Crippen LogP contribution in [0.3, 0.4) is 0 Å². The maximum Gasteiger partial charge on any atom is 0.119 e. The van der Waals surface area contributed by atoms with Gasteiger partial charge in [-0.2, -0.15) is 0 Å². The zero-order chi connectivity index (χ0) is 11.5. The van der Waals surface area contributed by atoms with Crippen molar-refractivity contribution in [3.63, 3.8) is 0 Å². The molecule has 0 aliphatic heterocycles. The molecule has 1 rings (SSSR count). The van der Waals surface area contributed by atoms with Crippen LogP contribution in [0.2, 0.25) is 0 Å². The largest absolute Gasteiger partial charge is 0.497 e. The molecule has 0 unspecified atom stereocenters. The van der Waals surface area contributed by atoms with Crippen LogP contribution in [0.4, 0.5) is 5.69 Å². The van der Waals surface area contributed by atoms with E-state index in [9.17, 15) is 5.11 Å². The monoisotopic (exact) mass is 209 g/mol. The summed E-state index contributed by atoms with van der Waals surface area (Å²) in [4.78, 5) is 2.05. The first kappa shape index (κ1) is 11.9. The van der Waals surface area contributed by atoms with Crippen molar-refractivity contribution < 1.29 is 9.84 Å². The molecular formula is C12H19NO2. The molecule has 1 N–H and O–H groups in total. The van der Waals surface area contributed by atoms with Gasteiger partial charge < -0.3 is 14.7 Å². The lowest BCUT2D eigenvalue weighted by Crippen LogP contribution is -2.44. The molecule has 1 aromatic carbocycles. The van der Waals surface area contributed by atoms with Gasteiger partial charge in [0.2, 0.25) is 0 Å². The number of anilines is 1. The maximum atomic E-state index is 9.26. The predicted octanol–water partition coefficient (Wildman–Crippen LogP) is 1.90. The normalized spacial score (nSPS) is 11.3. The average molecular weight is 209 g/mol. The molecule has 0 fully saturated rings. The van der Waals surface area contributed by atoms with Gasteiger partial charge in [0.15, 0.2) is 0 Å². The number of benzene rings is 1. The Hall–Kier alpha value is -1.22. The van der Waals surface area contributed by atoms with E-state index in [1.54, 1.807) is 7.11 Å². The van der Waals surface area contributed by atoms with Crippen molar-refractivity contribution in [2.75, 3.05) is 25.7 Å². The van der Waals surface area contributed by atoms with E-state index in [2.05, 4.69) is 0 Å². The van der Waals surface area contributed by atoms with Crippen LogP contribution in [0.25, 0.3) is 0 Å². The van der Waals surface area contributed by atoms with Gasteiger partial charge in [0.1, 0.15) is 5.75 Å². The van der Waals surface area contributed by atoms with Crippen molar-refractivity contribution in [1.82, 2.24) is 0 Å². The molecule has 0 amide bonds. The van der Waals surface area contributed by atoms with Crippen LogP contribution >= 0.6 is 0 Å². The van der Waals surface area contributed by atoms with E-state index in [4.69, 9.17) is 4.74 Å². The fourth-order valence-electron chi connectivity index (χ4n) is 1.26. The minimum atomic E-state index is -0.255. The van der Waals surface area contributed by atoms with E-state index in [-0.39, 0.29) is 12.1 Å². The second-order valence-electron chi connectivity index (χ2n) is 4.23. The molecule has 3 heteroatoms. The standard InChI is InChI=1S/C12H19NO2/c1-12(2,9-14)13(3)10-5-7-11(15-4)8-6-10/h5-8,14H,9H2,1-4H3. The van der Waals surface area contributed by atoms with Crippen molar-refractivity contribution in [3.8, 4) is 5.75 Å². The zero-order valence-electron chi connectivity index (χ0n) is 9.82.